The van der Waals surface area contributed by atoms with E-state index in [1.807, 2.05) is 0 Å². The van der Waals surface area contributed by atoms with Gasteiger partial charge in [-0.15, -0.1) is 0 Å². The summed E-state index contributed by atoms with van der Waals surface area (Å²) in [4.78, 5) is 12.3. The van der Waals surface area contributed by atoms with Crippen LogP contribution in [0.5, 0.6) is 0 Å². The number of nitrogens with zero attached hydrogens (tertiary/aromatic N) is 1. The van der Waals surface area contributed by atoms with Crippen LogP contribution in [0.1, 0.15) is 19.3 Å². The molecule has 1 N–H and O–H groups in total. The molecule has 1 aliphatic heterocycles. The summed E-state index contributed by atoms with van der Waals surface area (Å²) >= 11 is 11.8. The van der Waals surface area contributed by atoms with E-state index in [1.165, 1.54) is 4.31 Å². The van der Waals surface area contributed by atoms with Gasteiger partial charge in [-0.05, 0) is 31.0 Å². The predicted molar refractivity (Wildman–Crippen MR) is 84.3 cm³/mol. The Bertz CT molecular complexity index is 629. The quantitative estimate of drug-likeness (QED) is 0.911. The van der Waals surface area contributed by atoms with Crippen molar-refractivity contribution in [1.82, 2.24) is 4.31 Å². The smallest absolute Gasteiger partial charge is 0.242 e. The third kappa shape index (κ3) is 4.32. The second-order valence-corrected chi connectivity index (χ2v) is 7.84. The molecule has 1 aromatic rings. The fourth-order valence-corrected chi connectivity index (χ4v) is 4.07. The van der Waals surface area contributed by atoms with Crippen LogP contribution in [0.4, 0.5) is 5.69 Å². The molecular weight excluding hydrogens is 335 g/mol. The molecule has 1 heterocycles. The maximum Gasteiger partial charge on any atom is 0.242 e. The molecule has 1 fully saturated rings. The van der Waals surface area contributed by atoms with E-state index in [9.17, 15) is 13.2 Å². The highest BCUT2D eigenvalue weighted by atomic mass is 35.5. The molecule has 21 heavy (non-hydrogen) atoms. The zero-order valence-corrected chi connectivity index (χ0v) is 13.8. The summed E-state index contributed by atoms with van der Waals surface area (Å²) in [7, 11) is -3.41. The number of nitrogens with one attached hydrogen (secondary N) is 1. The van der Waals surface area contributed by atoms with Crippen molar-refractivity contribution in [2.24, 2.45) is 0 Å². The Labute approximate surface area is 134 Å². The minimum atomic E-state index is -3.41. The number of anilines is 1. The molecule has 0 saturated carbocycles. The highest BCUT2D eigenvalue weighted by Crippen LogP contribution is 2.25. The summed E-state index contributed by atoms with van der Waals surface area (Å²) in [5, 5.41) is 3.49. The van der Waals surface area contributed by atoms with Gasteiger partial charge in [0.05, 0.1) is 6.26 Å². The Morgan fingerprint density at radius 3 is 2.43 bits per heavy atom. The number of carbonyl (C=O) groups excluding carboxylic acids is 1. The maximum atomic E-state index is 12.3. The van der Waals surface area contributed by atoms with Crippen LogP contribution >= 0.6 is 23.2 Å². The summed E-state index contributed by atoms with van der Waals surface area (Å²) in [6.07, 6.45) is 3.21. The lowest BCUT2D eigenvalue weighted by Crippen LogP contribution is -2.49. The molecule has 1 atom stereocenters. The molecule has 0 radical (unpaired) electrons. The van der Waals surface area contributed by atoms with Crippen molar-refractivity contribution in [3.63, 3.8) is 0 Å². The van der Waals surface area contributed by atoms with Crippen LogP contribution in [0.2, 0.25) is 10.0 Å². The second-order valence-electron chi connectivity index (χ2n) is 5.03. The van der Waals surface area contributed by atoms with E-state index in [2.05, 4.69) is 5.32 Å². The molecule has 1 unspecified atom stereocenters. The molecular formula is C13H16Cl2N2O3S. The van der Waals surface area contributed by atoms with Crippen LogP contribution in [-0.4, -0.2) is 37.5 Å². The van der Waals surface area contributed by atoms with Crippen molar-refractivity contribution >= 4 is 44.8 Å². The van der Waals surface area contributed by atoms with Crippen LogP contribution < -0.4 is 5.32 Å². The molecule has 116 valence electrons. The topological polar surface area (TPSA) is 66.5 Å². The first-order valence-electron chi connectivity index (χ1n) is 6.51. The summed E-state index contributed by atoms with van der Waals surface area (Å²) in [5.74, 6) is -0.363. The van der Waals surface area contributed by atoms with Gasteiger partial charge in [-0.3, -0.25) is 4.79 Å². The number of piperidine rings is 1. The van der Waals surface area contributed by atoms with E-state index < -0.39 is 16.1 Å². The zero-order chi connectivity index (χ0) is 15.6. The highest BCUT2D eigenvalue weighted by Gasteiger charge is 2.34. The second kappa shape index (κ2) is 6.52. The van der Waals surface area contributed by atoms with Crippen molar-refractivity contribution in [2.45, 2.75) is 25.3 Å². The molecule has 8 heteroatoms. The normalized spacial score (nSPS) is 20.2. The third-order valence-electron chi connectivity index (χ3n) is 3.31. The van der Waals surface area contributed by atoms with Gasteiger partial charge in [0.25, 0.3) is 0 Å². The highest BCUT2D eigenvalue weighted by molar-refractivity contribution is 7.88. The summed E-state index contributed by atoms with van der Waals surface area (Å²) in [6.45, 7) is 0.368. The summed E-state index contributed by atoms with van der Waals surface area (Å²) < 4.78 is 24.8. The Balaban J connectivity index is 2.18. The molecule has 1 saturated heterocycles. The van der Waals surface area contributed by atoms with E-state index in [0.29, 0.717) is 28.7 Å². The Hall–Kier alpha value is -0.820. The van der Waals surface area contributed by atoms with E-state index in [-0.39, 0.29) is 5.91 Å². The molecule has 1 aliphatic rings. The standard InChI is InChI=1S/C13H16Cl2N2O3S/c1-21(19,20)17-5-3-2-4-12(17)13(18)16-11-7-9(14)6-10(15)8-11/h6-8,12H,2-5H2,1H3,(H,16,18). The molecule has 5 nitrogen and oxygen atoms in total. The molecule has 2 rings (SSSR count). The molecule has 0 spiro atoms. The van der Waals surface area contributed by atoms with Gasteiger partial charge in [0, 0.05) is 22.3 Å². The lowest BCUT2D eigenvalue weighted by molar-refractivity contribution is -0.120. The summed E-state index contributed by atoms with van der Waals surface area (Å²) in [6, 6.07) is 4.01. The average Bonchev–Trinajstić information content (AvgIpc) is 2.36. The largest absolute Gasteiger partial charge is 0.325 e. The van der Waals surface area contributed by atoms with Gasteiger partial charge < -0.3 is 5.32 Å². The number of benzene rings is 1. The van der Waals surface area contributed by atoms with Crippen molar-refractivity contribution in [3.8, 4) is 0 Å². The van der Waals surface area contributed by atoms with E-state index in [4.69, 9.17) is 23.2 Å². The fourth-order valence-electron chi connectivity index (χ4n) is 2.42. The first-order chi connectivity index (χ1) is 9.77. The van der Waals surface area contributed by atoms with Crippen molar-refractivity contribution in [1.29, 1.82) is 0 Å². The van der Waals surface area contributed by atoms with Crippen LogP contribution in [0.25, 0.3) is 0 Å². The van der Waals surface area contributed by atoms with Gasteiger partial charge in [0.2, 0.25) is 15.9 Å². The summed E-state index contributed by atoms with van der Waals surface area (Å²) in [5.41, 5.74) is 0.455. The number of amides is 1. The van der Waals surface area contributed by atoms with Crippen LogP contribution in [0.3, 0.4) is 0 Å². The molecule has 1 amide bonds. The van der Waals surface area contributed by atoms with Gasteiger partial charge >= 0.3 is 0 Å². The Kier molecular flexibility index (Phi) is 5.14. The minimum absolute atomic E-state index is 0.363. The van der Waals surface area contributed by atoms with Gasteiger partial charge in [-0.2, -0.15) is 4.31 Å². The average molecular weight is 351 g/mol. The molecule has 0 bridgehead atoms. The van der Waals surface area contributed by atoms with Crippen LogP contribution in [0, 0.1) is 0 Å². The molecule has 1 aromatic carbocycles. The monoisotopic (exact) mass is 350 g/mol. The number of halogens is 2. The molecule has 0 aromatic heterocycles. The minimum Gasteiger partial charge on any atom is -0.325 e. The van der Waals surface area contributed by atoms with Crippen LogP contribution in [-0.2, 0) is 14.8 Å². The lowest BCUT2D eigenvalue weighted by atomic mass is 10.0. The van der Waals surface area contributed by atoms with Crippen LogP contribution in [0.15, 0.2) is 18.2 Å². The Morgan fingerprint density at radius 1 is 1.24 bits per heavy atom. The van der Waals surface area contributed by atoms with Crippen molar-refractivity contribution in [3.05, 3.63) is 28.2 Å². The van der Waals surface area contributed by atoms with E-state index in [0.717, 1.165) is 19.1 Å². The predicted octanol–water partition coefficient (Wildman–Crippen LogP) is 2.75. The van der Waals surface area contributed by atoms with E-state index >= 15 is 0 Å². The zero-order valence-electron chi connectivity index (χ0n) is 11.5. The van der Waals surface area contributed by atoms with Gasteiger partial charge in [0.15, 0.2) is 0 Å². The number of sulfonamides is 1. The number of carbonyl (C=O) groups is 1. The Morgan fingerprint density at radius 2 is 1.86 bits per heavy atom. The van der Waals surface area contributed by atoms with Crippen molar-refractivity contribution in [2.75, 3.05) is 18.1 Å². The SMILES string of the molecule is CS(=O)(=O)N1CCCCC1C(=O)Nc1cc(Cl)cc(Cl)c1. The number of rotatable bonds is 3. The van der Waals surface area contributed by atoms with E-state index in [1.54, 1.807) is 18.2 Å². The third-order valence-corrected chi connectivity index (χ3v) is 5.04. The molecule has 0 aliphatic carbocycles. The van der Waals surface area contributed by atoms with Crippen molar-refractivity contribution < 1.29 is 13.2 Å². The number of hydrogen-bond donors (Lipinski definition) is 1. The number of hydrogen-bond acceptors (Lipinski definition) is 3. The lowest BCUT2D eigenvalue weighted by Gasteiger charge is -2.32. The maximum absolute atomic E-state index is 12.3. The van der Waals surface area contributed by atoms with Gasteiger partial charge in [-0.1, -0.05) is 29.6 Å². The first-order valence-corrected chi connectivity index (χ1v) is 9.11. The fraction of sp³-hybridized carbons (Fsp3) is 0.462. The van der Waals surface area contributed by atoms with Gasteiger partial charge in [0.1, 0.15) is 6.04 Å². The van der Waals surface area contributed by atoms with Gasteiger partial charge in [-0.25, -0.2) is 8.42 Å². The first kappa shape index (κ1) is 16.5.